The van der Waals surface area contributed by atoms with E-state index in [2.05, 4.69) is 20.2 Å². The summed E-state index contributed by atoms with van der Waals surface area (Å²) in [6.45, 7) is 2.98. The lowest BCUT2D eigenvalue weighted by Gasteiger charge is -2.11. The van der Waals surface area contributed by atoms with Crippen molar-refractivity contribution in [1.82, 2.24) is 15.2 Å². The van der Waals surface area contributed by atoms with Crippen molar-refractivity contribution >= 4 is 34.4 Å². The minimum absolute atomic E-state index is 0.0336. The first-order valence-electron chi connectivity index (χ1n) is 9.39. The maximum absolute atomic E-state index is 12.2. The molecule has 1 aliphatic rings. The fraction of sp³-hybridized carbons (Fsp3) is 0.300. The standard InChI is InChI=1S/C20H22ClN5O3/c1-23-20(22)25-19(27)17-10-14-15(21)8-13(9-16(14)24-17)29-18-5-4-12(28-18)11-26-6-2-3-7-26/h4-5,8-10,24H,2-3,6-7,11H2,1H3,(H3,22,23,25,27). The number of furan rings is 1. The zero-order valence-electron chi connectivity index (χ0n) is 16.0. The molecule has 1 aliphatic heterocycles. The number of H-pyrrole nitrogens is 1. The third kappa shape index (κ3) is 4.38. The topological polar surface area (TPSA) is 109 Å². The summed E-state index contributed by atoms with van der Waals surface area (Å²) in [7, 11) is 1.59. The van der Waals surface area contributed by atoms with Gasteiger partial charge in [-0.25, -0.2) is 0 Å². The van der Waals surface area contributed by atoms with E-state index in [9.17, 15) is 4.79 Å². The van der Waals surface area contributed by atoms with Crippen molar-refractivity contribution in [2.24, 2.45) is 10.7 Å². The molecule has 8 nitrogen and oxygen atoms in total. The Labute approximate surface area is 172 Å². The number of nitrogens with two attached hydrogens (primary N) is 1. The van der Waals surface area contributed by atoms with Crippen LogP contribution in [0, 0.1) is 0 Å². The molecule has 2 aromatic heterocycles. The van der Waals surface area contributed by atoms with Crippen LogP contribution in [0.4, 0.5) is 0 Å². The molecule has 4 rings (SSSR count). The highest BCUT2D eigenvalue weighted by atomic mass is 35.5. The molecule has 0 spiro atoms. The number of likely N-dealkylation sites (tertiary alicyclic amines) is 1. The van der Waals surface area contributed by atoms with Crippen LogP contribution in [-0.4, -0.2) is 41.9 Å². The highest BCUT2D eigenvalue weighted by Gasteiger charge is 2.16. The number of aliphatic imine (C=N–C) groups is 1. The lowest BCUT2D eigenvalue weighted by atomic mass is 10.2. The molecule has 1 saturated heterocycles. The molecule has 152 valence electrons. The highest BCUT2D eigenvalue weighted by molar-refractivity contribution is 6.35. The van der Waals surface area contributed by atoms with Crippen LogP contribution in [0.1, 0.15) is 29.1 Å². The SMILES string of the molecule is CNC(N)=NC(=O)c1cc2c(Cl)cc(Oc3ccc(CN4CCCC4)o3)cc2[nH]1. The summed E-state index contributed by atoms with van der Waals surface area (Å²) < 4.78 is 11.6. The van der Waals surface area contributed by atoms with E-state index in [0.717, 1.165) is 25.4 Å². The summed E-state index contributed by atoms with van der Waals surface area (Å²) in [6, 6.07) is 8.79. The number of ether oxygens (including phenoxy) is 1. The Balaban J connectivity index is 1.52. The van der Waals surface area contributed by atoms with E-state index < -0.39 is 5.91 Å². The van der Waals surface area contributed by atoms with Gasteiger partial charge in [-0.15, -0.1) is 0 Å². The van der Waals surface area contributed by atoms with Crippen LogP contribution in [0.15, 0.2) is 39.7 Å². The van der Waals surface area contributed by atoms with Gasteiger partial charge in [-0.2, -0.15) is 4.99 Å². The van der Waals surface area contributed by atoms with Crippen LogP contribution in [0.3, 0.4) is 0 Å². The molecule has 0 bridgehead atoms. The zero-order chi connectivity index (χ0) is 20.4. The molecule has 3 aromatic rings. The van der Waals surface area contributed by atoms with Crippen LogP contribution >= 0.6 is 11.6 Å². The van der Waals surface area contributed by atoms with Crippen molar-refractivity contribution in [2.75, 3.05) is 20.1 Å². The lowest BCUT2D eigenvalue weighted by molar-refractivity contribution is 0.0998. The predicted molar refractivity (Wildman–Crippen MR) is 112 cm³/mol. The summed E-state index contributed by atoms with van der Waals surface area (Å²) >= 11 is 6.38. The number of amides is 1. The van der Waals surface area contributed by atoms with Crippen LogP contribution in [0.2, 0.25) is 5.02 Å². The first-order chi connectivity index (χ1) is 14.0. The van der Waals surface area contributed by atoms with Crippen molar-refractivity contribution in [3.63, 3.8) is 0 Å². The van der Waals surface area contributed by atoms with Gasteiger partial charge in [-0.05, 0) is 38.1 Å². The Hall–Kier alpha value is -2.97. The van der Waals surface area contributed by atoms with Crippen LogP contribution < -0.4 is 15.8 Å². The number of benzene rings is 1. The summed E-state index contributed by atoms with van der Waals surface area (Å²) in [5, 5.41) is 3.74. The number of hydrogen-bond donors (Lipinski definition) is 3. The van der Waals surface area contributed by atoms with Crippen LogP contribution in [0.25, 0.3) is 10.9 Å². The van der Waals surface area contributed by atoms with Crippen molar-refractivity contribution in [1.29, 1.82) is 0 Å². The average molecular weight is 416 g/mol. The van der Waals surface area contributed by atoms with Gasteiger partial charge >= 0.3 is 0 Å². The molecule has 0 radical (unpaired) electrons. The number of aromatic nitrogens is 1. The second-order valence-electron chi connectivity index (χ2n) is 6.91. The van der Waals surface area contributed by atoms with Gasteiger partial charge in [0.15, 0.2) is 5.96 Å². The number of nitrogens with one attached hydrogen (secondary N) is 2. The number of guanidine groups is 1. The molecular formula is C20H22ClN5O3. The minimum atomic E-state index is -0.496. The molecule has 3 heterocycles. The predicted octanol–water partition coefficient (Wildman–Crippen LogP) is 3.48. The largest absolute Gasteiger partial charge is 0.429 e. The van der Waals surface area contributed by atoms with Gasteiger partial charge in [0.1, 0.15) is 17.2 Å². The zero-order valence-corrected chi connectivity index (χ0v) is 16.8. The summed E-state index contributed by atoms with van der Waals surface area (Å²) in [5.41, 5.74) is 6.47. The monoisotopic (exact) mass is 415 g/mol. The molecular weight excluding hydrogens is 394 g/mol. The Bertz CT molecular complexity index is 1070. The third-order valence-corrected chi connectivity index (χ3v) is 5.12. The Kier molecular flexibility index (Phi) is 5.46. The van der Waals surface area contributed by atoms with Crippen molar-refractivity contribution < 1.29 is 13.9 Å². The molecule has 0 unspecified atom stereocenters. The molecule has 0 saturated carbocycles. The van der Waals surface area contributed by atoms with E-state index in [-0.39, 0.29) is 11.7 Å². The van der Waals surface area contributed by atoms with Gasteiger partial charge < -0.3 is 25.2 Å². The van der Waals surface area contributed by atoms with E-state index in [4.69, 9.17) is 26.5 Å². The number of hydrogen-bond acceptors (Lipinski definition) is 4. The molecule has 1 fully saturated rings. The molecule has 0 aliphatic carbocycles. The second kappa shape index (κ2) is 8.18. The van der Waals surface area contributed by atoms with E-state index >= 15 is 0 Å². The van der Waals surface area contributed by atoms with Crippen molar-refractivity contribution in [2.45, 2.75) is 19.4 Å². The van der Waals surface area contributed by atoms with Crippen molar-refractivity contribution in [3.8, 4) is 11.7 Å². The number of nitrogens with zero attached hydrogens (tertiary/aromatic N) is 2. The molecule has 29 heavy (non-hydrogen) atoms. The summed E-state index contributed by atoms with van der Waals surface area (Å²) in [6.07, 6.45) is 2.46. The first kappa shape index (κ1) is 19.4. The normalized spacial score (nSPS) is 15.2. The number of carbonyl (C=O) groups is 1. The maximum Gasteiger partial charge on any atom is 0.296 e. The Morgan fingerprint density at radius 1 is 1.34 bits per heavy atom. The van der Waals surface area contributed by atoms with E-state index in [0.29, 0.717) is 27.6 Å². The van der Waals surface area contributed by atoms with Gasteiger partial charge in [0, 0.05) is 30.6 Å². The highest BCUT2D eigenvalue weighted by Crippen LogP contribution is 2.33. The Morgan fingerprint density at radius 2 is 2.14 bits per heavy atom. The Morgan fingerprint density at radius 3 is 2.90 bits per heavy atom. The summed E-state index contributed by atoms with van der Waals surface area (Å²) in [5.74, 6) is 1.30. The number of rotatable bonds is 5. The van der Waals surface area contributed by atoms with Gasteiger partial charge in [0.05, 0.1) is 17.1 Å². The molecule has 9 heteroatoms. The van der Waals surface area contributed by atoms with E-state index in [1.54, 1.807) is 31.3 Å². The second-order valence-corrected chi connectivity index (χ2v) is 7.31. The molecule has 1 amide bonds. The minimum Gasteiger partial charge on any atom is -0.429 e. The number of fused-ring (bicyclic) bond motifs is 1. The number of carbonyl (C=O) groups excluding carboxylic acids is 1. The maximum atomic E-state index is 12.2. The van der Waals surface area contributed by atoms with Gasteiger partial charge in [-0.3, -0.25) is 9.69 Å². The number of aromatic amines is 1. The van der Waals surface area contributed by atoms with Crippen LogP contribution in [0.5, 0.6) is 11.7 Å². The van der Waals surface area contributed by atoms with Gasteiger partial charge in [0.2, 0.25) is 0 Å². The smallest absolute Gasteiger partial charge is 0.296 e. The van der Waals surface area contributed by atoms with E-state index in [1.807, 2.05) is 6.07 Å². The quantitative estimate of drug-likeness (QED) is 0.435. The van der Waals surface area contributed by atoms with Crippen molar-refractivity contribution in [3.05, 3.63) is 46.8 Å². The van der Waals surface area contributed by atoms with Crippen LogP contribution in [-0.2, 0) is 6.54 Å². The molecule has 4 N–H and O–H groups in total. The average Bonchev–Trinajstić information content (AvgIpc) is 3.43. The van der Waals surface area contributed by atoms with E-state index in [1.165, 1.54) is 12.8 Å². The van der Waals surface area contributed by atoms with Gasteiger partial charge in [-0.1, -0.05) is 11.6 Å². The third-order valence-electron chi connectivity index (χ3n) is 4.80. The molecule has 0 atom stereocenters. The fourth-order valence-corrected chi connectivity index (χ4v) is 3.61. The van der Waals surface area contributed by atoms with Gasteiger partial charge in [0.25, 0.3) is 11.9 Å². The lowest BCUT2D eigenvalue weighted by Crippen LogP contribution is -2.28. The first-order valence-corrected chi connectivity index (χ1v) is 9.77. The summed E-state index contributed by atoms with van der Waals surface area (Å²) in [4.78, 5) is 21.3. The number of halogens is 1. The fourth-order valence-electron chi connectivity index (χ4n) is 3.34. The molecule has 1 aromatic carbocycles.